The SMILES string of the molecule is CC(C)CCOc1nc2c(cc1C(=N)N)CCCC2. The van der Waals surface area contributed by atoms with Crippen LogP contribution in [0.2, 0.25) is 0 Å². The monoisotopic (exact) mass is 261 g/mol. The molecule has 4 nitrogen and oxygen atoms in total. The van der Waals surface area contributed by atoms with Gasteiger partial charge in [-0.05, 0) is 49.7 Å². The summed E-state index contributed by atoms with van der Waals surface area (Å²) in [6, 6.07) is 1.99. The summed E-state index contributed by atoms with van der Waals surface area (Å²) in [5.41, 5.74) is 8.64. The molecule has 104 valence electrons. The first kappa shape index (κ1) is 13.8. The van der Waals surface area contributed by atoms with Gasteiger partial charge in [0.2, 0.25) is 5.88 Å². The van der Waals surface area contributed by atoms with E-state index < -0.39 is 0 Å². The average Bonchev–Trinajstić information content (AvgIpc) is 2.37. The number of aromatic nitrogens is 1. The molecular formula is C15H23N3O. The molecule has 0 atom stereocenters. The Morgan fingerprint density at radius 3 is 2.84 bits per heavy atom. The van der Waals surface area contributed by atoms with Crippen molar-refractivity contribution in [3.8, 4) is 5.88 Å². The van der Waals surface area contributed by atoms with Gasteiger partial charge in [0.25, 0.3) is 0 Å². The maximum absolute atomic E-state index is 7.67. The van der Waals surface area contributed by atoms with Crippen LogP contribution in [0.25, 0.3) is 0 Å². The second-order valence-corrected chi connectivity index (χ2v) is 5.60. The molecule has 1 aromatic heterocycles. The highest BCUT2D eigenvalue weighted by Crippen LogP contribution is 2.26. The number of ether oxygens (including phenoxy) is 1. The van der Waals surface area contributed by atoms with Gasteiger partial charge in [-0.15, -0.1) is 0 Å². The molecule has 0 bridgehead atoms. The van der Waals surface area contributed by atoms with Gasteiger partial charge >= 0.3 is 0 Å². The summed E-state index contributed by atoms with van der Waals surface area (Å²) in [7, 11) is 0. The molecule has 19 heavy (non-hydrogen) atoms. The van der Waals surface area contributed by atoms with E-state index in [2.05, 4.69) is 18.8 Å². The lowest BCUT2D eigenvalue weighted by Gasteiger charge is -2.18. The van der Waals surface area contributed by atoms with Crippen LogP contribution in [0.15, 0.2) is 6.07 Å². The smallest absolute Gasteiger partial charge is 0.224 e. The zero-order valence-electron chi connectivity index (χ0n) is 11.8. The van der Waals surface area contributed by atoms with E-state index in [0.717, 1.165) is 25.0 Å². The lowest BCUT2D eigenvalue weighted by molar-refractivity contribution is 0.277. The molecule has 2 rings (SSSR count). The molecule has 0 spiro atoms. The predicted octanol–water partition coefficient (Wildman–Crippen LogP) is 2.67. The van der Waals surface area contributed by atoms with Crippen LogP contribution in [0.3, 0.4) is 0 Å². The molecule has 0 radical (unpaired) electrons. The Morgan fingerprint density at radius 1 is 1.42 bits per heavy atom. The lowest BCUT2D eigenvalue weighted by atomic mass is 9.95. The second kappa shape index (κ2) is 6.04. The quantitative estimate of drug-likeness (QED) is 0.632. The van der Waals surface area contributed by atoms with Crippen LogP contribution in [0.4, 0.5) is 0 Å². The summed E-state index contributed by atoms with van der Waals surface area (Å²) < 4.78 is 5.74. The molecule has 0 fully saturated rings. The van der Waals surface area contributed by atoms with Gasteiger partial charge in [0.1, 0.15) is 5.84 Å². The van der Waals surface area contributed by atoms with Crippen LogP contribution >= 0.6 is 0 Å². The van der Waals surface area contributed by atoms with E-state index in [1.165, 1.54) is 18.4 Å². The standard InChI is InChI=1S/C15H23N3O/c1-10(2)7-8-19-15-12(14(16)17)9-11-5-3-4-6-13(11)18-15/h9-10H,3-8H2,1-2H3,(H3,16,17). The molecule has 0 amide bonds. The predicted molar refractivity (Wildman–Crippen MR) is 76.8 cm³/mol. The fourth-order valence-electron chi connectivity index (χ4n) is 2.31. The van der Waals surface area contributed by atoms with Crippen LogP contribution < -0.4 is 10.5 Å². The molecule has 0 saturated carbocycles. The van der Waals surface area contributed by atoms with E-state index in [9.17, 15) is 0 Å². The number of nitrogens with one attached hydrogen (secondary N) is 1. The minimum absolute atomic E-state index is 0.0421. The van der Waals surface area contributed by atoms with Crippen LogP contribution in [0.1, 0.15) is 49.9 Å². The second-order valence-electron chi connectivity index (χ2n) is 5.60. The number of nitrogens with two attached hydrogens (primary N) is 1. The highest BCUT2D eigenvalue weighted by atomic mass is 16.5. The number of hydrogen-bond acceptors (Lipinski definition) is 3. The Kier molecular flexibility index (Phi) is 4.40. The summed E-state index contributed by atoms with van der Waals surface area (Å²) in [6.45, 7) is 4.95. The van der Waals surface area contributed by atoms with Gasteiger partial charge in [-0.2, -0.15) is 0 Å². The first-order valence-electron chi connectivity index (χ1n) is 7.08. The average molecular weight is 261 g/mol. The number of aryl methyl sites for hydroxylation is 2. The molecule has 3 N–H and O–H groups in total. The number of pyridine rings is 1. The first-order valence-corrected chi connectivity index (χ1v) is 7.08. The Hall–Kier alpha value is -1.58. The Morgan fingerprint density at radius 2 is 2.16 bits per heavy atom. The van der Waals surface area contributed by atoms with Crippen LogP contribution in [0, 0.1) is 11.3 Å². The van der Waals surface area contributed by atoms with Gasteiger partial charge in [-0.3, -0.25) is 5.41 Å². The molecule has 1 aliphatic rings. The number of nitrogens with zero attached hydrogens (tertiary/aromatic N) is 1. The fraction of sp³-hybridized carbons (Fsp3) is 0.600. The number of rotatable bonds is 5. The third kappa shape index (κ3) is 3.46. The van der Waals surface area contributed by atoms with Crippen LogP contribution in [-0.2, 0) is 12.8 Å². The topological polar surface area (TPSA) is 72.0 Å². The van der Waals surface area contributed by atoms with Gasteiger partial charge < -0.3 is 10.5 Å². The number of amidine groups is 1. The maximum atomic E-state index is 7.67. The minimum Gasteiger partial charge on any atom is -0.477 e. The third-order valence-corrected chi connectivity index (χ3v) is 3.49. The molecule has 1 heterocycles. The van der Waals surface area contributed by atoms with Crippen molar-refractivity contribution >= 4 is 5.84 Å². The van der Waals surface area contributed by atoms with E-state index in [4.69, 9.17) is 15.9 Å². The molecule has 0 saturated heterocycles. The summed E-state index contributed by atoms with van der Waals surface area (Å²) in [6.07, 6.45) is 5.41. The lowest BCUT2D eigenvalue weighted by Crippen LogP contribution is -2.18. The summed E-state index contributed by atoms with van der Waals surface area (Å²) in [5.74, 6) is 1.17. The molecule has 1 aromatic rings. The molecule has 1 aliphatic carbocycles. The molecule has 0 aromatic carbocycles. The normalized spacial score (nSPS) is 14.3. The van der Waals surface area contributed by atoms with Crippen molar-refractivity contribution < 1.29 is 4.74 Å². The minimum atomic E-state index is 0.0421. The van der Waals surface area contributed by atoms with Gasteiger partial charge in [0.05, 0.1) is 12.2 Å². The van der Waals surface area contributed by atoms with Crippen molar-refractivity contribution in [3.05, 3.63) is 22.9 Å². The highest BCUT2D eigenvalue weighted by molar-refractivity contribution is 5.97. The Balaban J connectivity index is 2.21. The van der Waals surface area contributed by atoms with Gasteiger partial charge in [0.15, 0.2) is 0 Å². The van der Waals surface area contributed by atoms with Gasteiger partial charge in [-0.25, -0.2) is 4.98 Å². The van der Waals surface area contributed by atoms with E-state index in [0.29, 0.717) is 24.0 Å². The number of hydrogen-bond donors (Lipinski definition) is 2. The molecule has 4 heteroatoms. The van der Waals surface area contributed by atoms with E-state index in [1.54, 1.807) is 0 Å². The van der Waals surface area contributed by atoms with Crippen molar-refractivity contribution in [1.82, 2.24) is 4.98 Å². The van der Waals surface area contributed by atoms with Crippen molar-refractivity contribution in [2.24, 2.45) is 11.7 Å². The Labute approximate surface area is 114 Å². The molecular weight excluding hydrogens is 238 g/mol. The number of nitrogen functional groups attached to an aromatic ring is 1. The summed E-state index contributed by atoms with van der Waals surface area (Å²) in [4.78, 5) is 4.59. The van der Waals surface area contributed by atoms with Crippen molar-refractivity contribution in [3.63, 3.8) is 0 Å². The first-order chi connectivity index (χ1) is 9.08. The maximum Gasteiger partial charge on any atom is 0.224 e. The van der Waals surface area contributed by atoms with Crippen molar-refractivity contribution in [2.45, 2.75) is 46.0 Å². The zero-order valence-corrected chi connectivity index (χ0v) is 11.8. The summed E-state index contributed by atoms with van der Waals surface area (Å²) in [5, 5.41) is 7.67. The Bertz CT molecular complexity index is 469. The molecule has 0 unspecified atom stereocenters. The van der Waals surface area contributed by atoms with Gasteiger partial charge in [0, 0.05) is 5.69 Å². The fourth-order valence-corrected chi connectivity index (χ4v) is 2.31. The summed E-state index contributed by atoms with van der Waals surface area (Å²) >= 11 is 0. The van der Waals surface area contributed by atoms with E-state index in [1.807, 2.05) is 6.07 Å². The third-order valence-electron chi connectivity index (χ3n) is 3.49. The van der Waals surface area contributed by atoms with Crippen LogP contribution in [0.5, 0.6) is 5.88 Å². The van der Waals surface area contributed by atoms with E-state index >= 15 is 0 Å². The highest BCUT2D eigenvalue weighted by Gasteiger charge is 2.17. The van der Waals surface area contributed by atoms with Crippen LogP contribution in [-0.4, -0.2) is 17.4 Å². The number of fused-ring (bicyclic) bond motifs is 1. The van der Waals surface area contributed by atoms with Gasteiger partial charge in [-0.1, -0.05) is 13.8 Å². The van der Waals surface area contributed by atoms with Crippen molar-refractivity contribution in [1.29, 1.82) is 5.41 Å². The largest absolute Gasteiger partial charge is 0.477 e. The molecule has 0 aliphatic heterocycles. The zero-order chi connectivity index (χ0) is 13.8. The van der Waals surface area contributed by atoms with Crippen molar-refractivity contribution in [2.75, 3.05) is 6.61 Å². The van der Waals surface area contributed by atoms with E-state index in [-0.39, 0.29) is 5.84 Å².